The molecule has 1 heterocycles. The van der Waals surface area contributed by atoms with Crippen molar-refractivity contribution in [3.8, 4) is 5.75 Å². The van der Waals surface area contributed by atoms with Crippen molar-refractivity contribution in [2.75, 3.05) is 18.5 Å². The minimum absolute atomic E-state index is 0.0407. The first kappa shape index (κ1) is 17.3. The van der Waals surface area contributed by atoms with Crippen molar-refractivity contribution in [3.05, 3.63) is 35.4 Å². The van der Waals surface area contributed by atoms with Crippen LogP contribution in [0, 0.1) is 0 Å². The zero-order chi connectivity index (χ0) is 17.6. The average Bonchev–Trinajstić information content (AvgIpc) is 2.62. The Bertz CT molecular complexity index is 684. The molecule has 0 saturated carbocycles. The van der Waals surface area contributed by atoms with E-state index < -0.39 is 0 Å². The van der Waals surface area contributed by atoms with Crippen molar-refractivity contribution in [1.29, 1.82) is 0 Å². The smallest absolute Gasteiger partial charge is 0.315 e. The Morgan fingerprint density at radius 3 is 3.04 bits per heavy atom. The van der Waals surface area contributed by atoms with Gasteiger partial charge in [0.1, 0.15) is 5.75 Å². The molecule has 1 aromatic rings. The second kappa shape index (κ2) is 8.05. The summed E-state index contributed by atoms with van der Waals surface area (Å²) in [5, 5.41) is 8.62. The molecule has 1 unspecified atom stereocenters. The maximum Gasteiger partial charge on any atom is 0.315 e. The molecule has 0 radical (unpaired) electrons. The zero-order valence-corrected chi connectivity index (χ0v) is 14.6. The maximum absolute atomic E-state index is 12.1. The van der Waals surface area contributed by atoms with Gasteiger partial charge in [-0.2, -0.15) is 0 Å². The summed E-state index contributed by atoms with van der Waals surface area (Å²) in [6.45, 7) is 2.61. The monoisotopic (exact) mass is 343 g/mol. The molecule has 0 aromatic heterocycles. The highest BCUT2D eigenvalue weighted by atomic mass is 16.5. The van der Waals surface area contributed by atoms with Crippen LogP contribution in [0.5, 0.6) is 5.75 Å². The Kier molecular flexibility index (Phi) is 5.58. The molecule has 6 nitrogen and oxygen atoms in total. The Hall–Kier alpha value is -2.50. The highest BCUT2D eigenvalue weighted by Gasteiger charge is 2.18. The zero-order valence-electron chi connectivity index (χ0n) is 14.6. The molecule has 3 rings (SSSR count). The summed E-state index contributed by atoms with van der Waals surface area (Å²) in [4.78, 5) is 23.5. The lowest BCUT2D eigenvalue weighted by Crippen LogP contribution is -2.37. The van der Waals surface area contributed by atoms with E-state index in [0.717, 1.165) is 24.8 Å². The van der Waals surface area contributed by atoms with Crippen LogP contribution in [0.1, 0.15) is 50.6 Å². The van der Waals surface area contributed by atoms with Gasteiger partial charge in [0.15, 0.2) is 6.61 Å². The van der Waals surface area contributed by atoms with E-state index in [1.54, 1.807) is 0 Å². The average molecular weight is 343 g/mol. The minimum atomic E-state index is -0.179. The first-order chi connectivity index (χ1) is 12.1. The quantitative estimate of drug-likeness (QED) is 0.718. The number of anilines is 1. The van der Waals surface area contributed by atoms with Crippen molar-refractivity contribution < 1.29 is 14.3 Å². The summed E-state index contributed by atoms with van der Waals surface area (Å²) < 4.78 is 5.35. The summed E-state index contributed by atoms with van der Waals surface area (Å²) in [7, 11) is 0. The number of benzene rings is 1. The Balaban J connectivity index is 1.48. The maximum atomic E-state index is 12.1. The molecule has 0 saturated heterocycles. The van der Waals surface area contributed by atoms with Crippen molar-refractivity contribution in [1.82, 2.24) is 10.6 Å². The molecular formula is C19H25N3O3. The molecule has 2 aliphatic rings. The third-order valence-corrected chi connectivity index (χ3v) is 4.60. The molecule has 3 amide bonds. The summed E-state index contributed by atoms with van der Waals surface area (Å²) in [5.41, 5.74) is 3.01. The van der Waals surface area contributed by atoms with Crippen LogP contribution in [0.25, 0.3) is 0 Å². The lowest BCUT2D eigenvalue weighted by Gasteiger charge is -2.21. The third kappa shape index (κ3) is 4.75. The largest absolute Gasteiger partial charge is 0.482 e. The molecule has 3 N–H and O–H groups in total. The summed E-state index contributed by atoms with van der Waals surface area (Å²) in [5.74, 6) is 0.487. The Morgan fingerprint density at radius 1 is 1.36 bits per heavy atom. The first-order valence-electron chi connectivity index (χ1n) is 8.90. The molecule has 25 heavy (non-hydrogen) atoms. The number of urea groups is 1. The molecule has 1 atom stereocenters. The lowest BCUT2D eigenvalue weighted by atomic mass is 9.97. The van der Waals surface area contributed by atoms with Gasteiger partial charge in [0.05, 0.1) is 11.7 Å². The number of allylic oxidation sites excluding steroid dienone is 1. The van der Waals surface area contributed by atoms with Crippen molar-refractivity contribution in [2.24, 2.45) is 0 Å². The van der Waals surface area contributed by atoms with Gasteiger partial charge in [0.2, 0.25) is 0 Å². The van der Waals surface area contributed by atoms with Gasteiger partial charge in [0.25, 0.3) is 5.91 Å². The number of hydrogen-bond donors (Lipinski definition) is 3. The SMILES string of the molecule is CC(NC(=O)NCCC1=CCCCC1)c1ccc2c(c1)NC(=O)CO2. The number of rotatable bonds is 5. The number of carbonyl (C=O) groups excluding carboxylic acids is 2. The number of fused-ring (bicyclic) bond motifs is 1. The van der Waals surface area contributed by atoms with Gasteiger partial charge in [-0.05, 0) is 56.7 Å². The van der Waals surface area contributed by atoms with E-state index in [0.29, 0.717) is 18.0 Å². The summed E-state index contributed by atoms with van der Waals surface area (Å²) >= 11 is 0. The van der Waals surface area contributed by atoms with Crippen LogP contribution in [0.2, 0.25) is 0 Å². The standard InChI is InChI=1S/C19H25N3O3/c1-13(15-7-8-17-16(11-15)22-18(23)12-25-17)21-19(24)20-10-9-14-5-3-2-4-6-14/h5,7-8,11,13H,2-4,6,9-10,12H2,1H3,(H,22,23)(H2,20,21,24). The predicted octanol–water partition coefficient (Wildman–Crippen LogP) is 3.27. The van der Waals surface area contributed by atoms with E-state index in [1.165, 1.54) is 18.4 Å². The first-order valence-corrected chi connectivity index (χ1v) is 8.90. The van der Waals surface area contributed by atoms with Crippen LogP contribution in [0.4, 0.5) is 10.5 Å². The van der Waals surface area contributed by atoms with Crippen LogP contribution < -0.4 is 20.7 Å². The summed E-state index contributed by atoms with van der Waals surface area (Å²) in [6.07, 6.45) is 8.08. The molecule has 0 bridgehead atoms. The lowest BCUT2D eigenvalue weighted by molar-refractivity contribution is -0.118. The van der Waals surface area contributed by atoms with Crippen molar-refractivity contribution in [2.45, 2.75) is 45.1 Å². The van der Waals surface area contributed by atoms with E-state index in [4.69, 9.17) is 4.74 Å². The normalized spacial score (nSPS) is 17.5. The van der Waals surface area contributed by atoms with Gasteiger partial charge in [-0.1, -0.05) is 17.7 Å². The van der Waals surface area contributed by atoms with Crippen molar-refractivity contribution in [3.63, 3.8) is 0 Å². The van der Waals surface area contributed by atoms with Gasteiger partial charge in [-0.15, -0.1) is 0 Å². The van der Waals surface area contributed by atoms with Gasteiger partial charge >= 0.3 is 6.03 Å². The fourth-order valence-corrected chi connectivity index (χ4v) is 3.17. The Labute approximate surface area is 148 Å². The van der Waals surface area contributed by atoms with E-state index in [-0.39, 0.29) is 24.6 Å². The van der Waals surface area contributed by atoms with Gasteiger partial charge in [0, 0.05) is 6.54 Å². The van der Waals surface area contributed by atoms with Gasteiger partial charge in [-0.25, -0.2) is 4.79 Å². The van der Waals surface area contributed by atoms with Gasteiger partial charge < -0.3 is 20.7 Å². The van der Waals surface area contributed by atoms with E-state index in [9.17, 15) is 9.59 Å². The predicted molar refractivity (Wildman–Crippen MR) is 96.7 cm³/mol. The van der Waals surface area contributed by atoms with E-state index >= 15 is 0 Å². The fourth-order valence-electron chi connectivity index (χ4n) is 3.17. The molecule has 0 fully saturated rings. The van der Waals surface area contributed by atoms with Crippen LogP contribution >= 0.6 is 0 Å². The topological polar surface area (TPSA) is 79.5 Å². The van der Waals surface area contributed by atoms with Gasteiger partial charge in [-0.3, -0.25) is 4.79 Å². The molecule has 1 aliphatic heterocycles. The number of carbonyl (C=O) groups is 2. The number of hydrogen-bond acceptors (Lipinski definition) is 3. The second-order valence-corrected chi connectivity index (χ2v) is 6.57. The third-order valence-electron chi connectivity index (χ3n) is 4.60. The van der Waals surface area contributed by atoms with Crippen LogP contribution in [0.15, 0.2) is 29.8 Å². The minimum Gasteiger partial charge on any atom is -0.482 e. The molecule has 1 aliphatic carbocycles. The fraction of sp³-hybridized carbons (Fsp3) is 0.474. The van der Waals surface area contributed by atoms with Crippen LogP contribution in [-0.2, 0) is 4.79 Å². The van der Waals surface area contributed by atoms with E-state index in [2.05, 4.69) is 22.0 Å². The molecule has 6 heteroatoms. The second-order valence-electron chi connectivity index (χ2n) is 6.57. The molecule has 134 valence electrons. The molecule has 1 aromatic carbocycles. The summed E-state index contributed by atoms with van der Waals surface area (Å²) in [6, 6.07) is 5.20. The van der Waals surface area contributed by atoms with Crippen LogP contribution in [0.3, 0.4) is 0 Å². The highest BCUT2D eigenvalue weighted by Crippen LogP contribution is 2.30. The number of ether oxygens (including phenoxy) is 1. The molecular weight excluding hydrogens is 318 g/mol. The number of amides is 3. The number of nitrogens with one attached hydrogen (secondary N) is 3. The Morgan fingerprint density at radius 2 is 2.24 bits per heavy atom. The van der Waals surface area contributed by atoms with E-state index in [1.807, 2.05) is 25.1 Å². The highest BCUT2D eigenvalue weighted by molar-refractivity contribution is 5.95. The van der Waals surface area contributed by atoms with Crippen LogP contribution in [-0.4, -0.2) is 25.1 Å². The van der Waals surface area contributed by atoms with Crippen molar-refractivity contribution >= 4 is 17.6 Å². The molecule has 0 spiro atoms.